The molecule has 0 saturated carbocycles. The van der Waals surface area contributed by atoms with Crippen molar-refractivity contribution in [1.29, 1.82) is 0 Å². The Morgan fingerprint density at radius 3 is 2.57 bits per heavy atom. The maximum Gasteiger partial charge on any atom is 0.324 e. The number of fused-ring (bicyclic) bond motifs is 3. The molecule has 6 nitrogen and oxygen atoms in total. The topological polar surface area (TPSA) is 85.6 Å². The van der Waals surface area contributed by atoms with Gasteiger partial charge < -0.3 is 9.15 Å². The minimum absolute atomic E-state index is 0.0516. The second-order valence-corrected chi connectivity index (χ2v) is 9.11. The third kappa shape index (κ3) is 4.32. The second-order valence-electron chi connectivity index (χ2n) is 6.96. The Morgan fingerprint density at radius 2 is 1.89 bits per heavy atom. The molecule has 1 heterocycles. The molecular formula is C20H22ClNO5S. The Kier molecular flexibility index (Phi) is 5.98. The van der Waals surface area contributed by atoms with Crippen molar-refractivity contribution in [3.8, 4) is 0 Å². The van der Waals surface area contributed by atoms with E-state index >= 15 is 0 Å². The Morgan fingerprint density at radius 1 is 1.14 bits per heavy atom. The average molecular weight is 424 g/mol. The third-order valence-electron chi connectivity index (χ3n) is 4.29. The van der Waals surface area contributed by atoms with Crippen LogP contribution in [0.2, 0.25) is 5.02 Å². The normalized spacial score (nSPS) is 13.3. The van der Waals surface area contributed by atoms with Crippen molar-refractivity contribution in [1.82, 2.24) is 4.72 Å². The van der Waals surface area contributed by atoms with Crippen LogP contribution in [0.3, 0.4) is 0 Å². The van der Waals surface area contributed by atoms with E-state index in [1.165, 1.54) is 12.1 Å². The average Bonchev–Trinajstić information content (AvgIpc) is 2.97. The summed E-state index contributed by atoms with van der Waals surface area (Å²) in [7, 11) is -3.93. The molecule has 1 N–H and O–H groups in total. The number of furan rings is 1. The molecule has 150 valence electrons. The van der Waals surface area contributed by atoms with Crippen molar-refractivity contribution in [2.75, 3.05) is 6.61 Å². The van der Waals surface area contributed by atoms with Crippen molar-refractivity contribution in [3.63, 3.8) is 0 Å². The van der Waals surface area contributed by atoms with Gasteiger partial charge in [-0.3, -0.25) is 4.79 Å². The quantitative estimate of drug-likeness (QED) is 0.565. The molecule has 0 aliphatic carbocycles. The summed E-state index contributed by atoms with van der Waals surface area (Å²) in [6, 6.07) is 8.83. The van der Waals surface area contributed by atoms with Gasteiger partial charge in [-0.2, -0.15) is 4.72 Å². The van der Waals surface area contributed by atoms with E-state index in [1.807, 2.05) is 13.8 Å². The number of rotatable bonds is 7. The number of esters is 1. The van der Waals surface area contributed by atoms with Crippen LogP contribution in [-0.4, -0.2) is 27.0 Å². The molecule has 3 aromatic rings. The first-order valence-corrected chi connectivity index (χ1v) is 10.9. The summed E-state index contributed by atoms with van der Waals surface area (Å²) < 4.78 is 39.1. The molecule has 1 atom stereocenters. The molecule has 0 aliphatic rings. The lowest BCUT2D eigenvalue weighted by Crippen LogP contribution is -2.42. The maximum absolute atomic E-state index is 12.9. The number of nitrogens with one attached hydrogen (secondary N) is 1. The van der Waals surface area contributed by atoms with Gasteiger partial charge in [0.15, 0.2) is 0 Å². The Hall–Kier alpha value is -2.09. The van der Waals surface area contributed by atoms with Gasteiger partial charge in [0.25, 0.3) is 0 Å². The molecule has 1 aromatic heterocycles. The number of hydrogen-bond acceptors (Lipinski definition) is 5. The van der Waals surface area contributed by atoms with Crippen LogP contribution in [-0.2, 0) is 19.6 Å². The van der Waals surface area contributed by atoms with E-state index in [1.54, 1.807) is 31.2 Å². The lowest BCUT2D eigenvalue weighted by Gasteiger charge is -2.19. The van der Waals surface area contributed by atoms with Crippen molar-refractivity contribution in [2.45, 2.75) is 38.1 Å². The van der Waals surface area contributed by atoms with Crippen LogP contribution in [0.1, 0.15) is 27.2 Å². The largest absolute Gasteiger partial charge is 0.465 e. The predicted octanol–water partition coefficient (Wildman–Crippen LogP) is 4.50. The van der Waals surface area contributed by atoms with E-state index in [0.717, 1.165) is 5.39 Å². The lowest BCUT2D eigenvalue weighted by molar-refractivity contribution is -0.145. The summed E-state index contributed by atoms with van der Waals surface area (Å²) >= 11 is 5.99. The number of ether oxygens (including phenoxy) is 1. The zero-order valence-corrected chi connectivity index (χ0v) is 17.4. The SMILES string of the molecule is CCOC(=O)[C@H](CC(C)C)NS(=O)(=O)c1ccc2oc3cc(Cl)ccc3c2c1. The van der Waals surface area contributed by atoms with Crippen LogP contribution in [0.25, 0.3) is 21.9 Å². The van der Waals surface area contributed by atoms with Crippen molar-refractivity contribution < 1.29 is 22.4 Å². The van der Waals surface area contributed by atoms with E-state index in [4.69, 9.17) is 20.8 Å². The van der Waals surface area contributed by atoms with Crippen LogP contribution in [0.5, 0.6) is 0 Å². The molecular weight excluding hydrogens is 402 g/mol. The highest BCUT2D eigenvalue weighted by atomic mass is 35.5. The first-order chi connectivity index (χ1) is 13.2. The van der Waals surface area contributed by atoms with Crippen LogP contribution in [0.15, 0.2) is 45.7 Å². The zero-order chi connectivity index (χ0) is 20.5. The van der Waals surface area contributed by atoms with Crippen molar-refractivity contribution in [2.24, 2.45) is 5.92 Å². The van der Waals surface area contributed by atoms with Gasteiger partial charge in [-0.1, -0.05) is 25.4 Å². The van der Waals surface area contributed by atoms with E-state index in [2.05, 4.69) is 4.72 Å². The molecule has 2 aromatic carbocycles. The molecule has 0 aliphatic heterocycles. The number of sulfonamides is 1. The molecule has 0 amide bonds. The first-order valence-electron chi connectivity index (χ1n) is 9.02. The number of carbonyl (C=O) groups is 1. The molecule has 0 spiro atoms. The summed E-state index contributed by atoms with van der Waals surface area (Å²) in [5.74, 6) is -0.466. The third-order valence-corrected chi connectivity index (χ3v) is 6.00. The minimum atomic E-state index is -3.93. The fourth-order valence-electron chi connectivity index (χ4n) is 3.06. The van der Waals surface area contributed by atoms with Gasteiger partial charge in [-0.15, -0.1) is 0 Å². The highest BCUT2D eigenvalue weighted by Crippen LogP contribution is 2.32. The number of hydrogen-bond donors (Lipinski definition) is 1. The van der Waals surface area contributed by atoms with Gasteiger partial charge in [0.2, 0.25) is 10.0 Å². The Labute approximate surface area is 168 Å². The predicted molar refractivity (Wildman–Crippen MR) is 109 cm³/mol. The fourth-order valence-corrected chi connectivity index (χ4v) is 4.44. The number of halogens is 1. The van der Waals surface area contributed by atoms with Gasteiger partial charge >= 0.3 is 5.97 Å². The second kappa shape index (κ2) is 8.11. The molecule has 0 fully saturated rings. The van der Waals surface area contributed by atoms with Crippen LogP contribution in [0, 0.1) is 5.92 Å². The molecule has 0 bridgehead atoms. The smallest absolute Gasteiger partial charge is 0.324 e. The van der Waals surface area contributed by atoms with Gasteiger partial charge in [0.1, 0.15) is 17.2 Å². The van der Waals surface area contributed by atoms with Gasteiger partial charge in [0.05, 0.1) is 11.5 Å². The van der Waals surface area contributed by atoms with E-state index < -0.39 is 22.0 Å². The van der Waals surface area contributed by atoms with Crippen LogP contribution in [0.4, 0.5) is 0 Å². The van der Waals surface area contributed by atoms with E-state index in [0.29, 0.717) is 28.0 Å². The summed E-state index contributed by atoms with van der Waals surface area (Å²) in [5, 5.41) is 1.96. The molecule has 0 unspecified atom stereocenters. The number of carbonyl (C=O) groups excluding carboxylic acids is 1. The highest BCUT2D eigenvalue weighted by Gasteiger charge is 2.28. The molecule has 3 rings (SSSR count). The zero-order valence-electron chi connectivity index (χ0n) is 15.9. The molecule has 28 heavy (non-hydrogen) atoms. The summed E-state index contributed by atoms with van der Waals surface area (Å²) in [6.45, 7) is 5.69. The van der Waals surface area contributed by atoms with Crippen LogP contribution >= 0.6 is 11.6 Å². The van der Waals surface area contributed by atoms with E-state index in [9.17, 15) is 13.2 Å². The fraction of sp³-hybridized carbons (Fsp3) is 0.350. The van der Waals surface area contributed by atoms with Gasteiger partial charge in [-0.05, 0) is 49.6 Å². The van der Waals surface area contributed by atoms with Crippen molar-refractivity contribution in [3.05, 3.63) is 41.4 Å². The van der Waals surface area contributed by atoms with Gasteiger partial charge in [-0.25, -0.2) is 8.42 Å². The van der Waals surface area contributed by atoms with Crippen LogP contribution < -0.4 is 4.72 Å². The number of benzene rings is 2. The summed E-state index contributed by atoms with van der Waals surface area (Å²) in [6.07, 6.45) is 0.341. The standard InChI is InChI=1S/C20H22ClNO5S/c1-4-26-20(23)17(9-12(2)3)22-28(24,25)14-6-8-18-16(11-14)15-7-5-13(21)10-19(15)27-18/h5-8,10-12,17,22H,4,9H2,1-3H3/t17-/m0/s1. The van der Waals surface area contributed by atoms with E-state index in [-0.39, 0.29) is 17.4 Å². The lowest BCUT2D eigenvalue weighted by atomic mass is 10.1. The van der Waals surface area contributed by atoms with Crippen molar-refractivity contribution >= 4 is 49.5 Å². The molecule has 0 saturated heterocycles. The summed E-state index contributed by atoms with van der Waals surface area (Å²) in [4.78, 5) is 12.2. The van der Waals surface area contributed by atoms with Gasteiger partial charge in [0, 0.05) is 21.9 Å². The Balaban J connectivity index is 1.98. The summed E-state index contributed by atoms with van der Waals surface area (Å²) in [5.41, 5.74) is 1.13. The highest BCUT2D eigenvalue weighted by molar-refractivity contribution is 7.89. The first kappa shape index (κ1) is 20.6. The monoisotopic (exact) mass is 423 g/mol. The maximum atomic E-state index is 12.9. The molecule has 8 heteroatoms. The molecule has 0 radical (unpaired) electrons. The Bertz CT molecular complexity index is 1120. The minimum Gasteiger partial charge on any atom is -0.465 e.